The molecule has 0 aromatic rings. The smallest absolute Gasteiger partial charge is 0.407 e. The largest absolute Gasteiger partial charge is 0.441 e. The normalized spacial score (nSPS) is 35.8. The molecule has 0 radical (unpaired) electrons. The van der Waals surface area contributed by atoms with Crippen LogP contribution in [0.2, 0.25) is 0 Å². The van der Waals surface area contributed by atoms with Crippen molar-refractivity contribution in [3.05, 3.63) is 0 Å². The van der Waals surface area contributed by atoms with Crippen molar-refractivity contribution >= 4 is 17.9 Å². The number of alkyl carbamates (subject to hydrolysis) is 1. The minimum Gasteiger partial charge on any atom is -0.441 e. The molecular weight excluding hydrogens is 174 g/mol. The fourth-order valence-electron chi connectivity index (χ4n) is 1.76. The molecule has 2 aliphatic rings. The number of carbonyl (C=O) groups is 1. The van der Waals surface area contributed by atoms with Crippen LogP contribution < -0.4 is 5.32 Å². The molecule has 2 rings (SSSR count). The molecule has 2 aliphatic heterocycles. The molecule has 2 fully saturated rings. The van der Waals surface area contributed by atoms with Gasteiger partial charge in [-0.15, -0.1) is 0 Å². The Hall–Kier alpha value is -0.380. The van der Waals surface area contributed by atoms with E-state index in [-0.39, 0.29) is 11.7 Å². The summed E-state index contributed by atoms with van der Waals surface area (Å²) in [6.45, 7) is 0.715. The minimum atomic E-state index is -0.234. The van der Waals surface area contributed by atoms with Crippen LogP contribution in [0.1, 0.15) is 19.3 Å². The van der Waals surface area contributed by atoms with Gasteiger partial charge in [0.05, 0.1) is 6.54 Å². The van der Waals surface area contributed by atoms with Crippen LogP contribution in [-0.4, -0.2) is 29.7 Å². The predicted molar refractivity (Wildman–Crippen MR) is 48.4 cm³/mol. The fourth-order valence-corrected chi connectivity index (χ4v) is 2.83. The summed E-state index contributed by atoms with van der Waals surface area (Å²) in [4.78, 5) is 10.9. The van der Waals surface area contributed by atoms with Crippen LogP contribution in [0, 0.1) is 0 Å². The SMILES string of the molecule is O=C1NCC2(CCCSCC2)O1. The molecule has 0 saturated carbocycles. The Labute approximate surface area is 76.2 Å². The summed E-state index contributed by atoms with van der Waals surface area (Å²) in [5.74, 6) is 2.33. The molecular formula is C8H13NO2S. The van der Waals surface area contributed by atoms with E-state index in [1.54, 1.807) is 0 Å². The van der Waals surface area contributed by atoms with E-state index in [1.807, 2.05) is 11.8 Å². The lowest BCUT2D eigenvalue weighted by molar-refractivity contribution is 0.0481. The van der Waals surface area contributed by atoms with Crippen molar-refractivity contribution in [1.82, 2.24) is 5.32 Å². The molecule has 2 saturated heterocycles. The fraction of sp³-hybridized carbons (Fsp3) is 0.875. The van der Waals surface area contributed by atoms with Crippen LogP contribution in [0.3, 0.4) is 0 Å². The standard InChI is InChI=1S/C8H13NO2S/c10-7-9-6-8(11-7)2-1-4-12-5-3-8/h1-6H2,(H,9,10). The Kier molecular flexibility index (Phi) is 2.17. The van der Waals surface area contributed by atoms with Crippen LogP contribution in [-0.2, 0) is 4.74 Å². The third-order valence-electron chi connectivity index (χ3n) is 2.49. The number of carbonyl (C=O) groups excluding carboxylic acids is 1. The topological polar surface area (TPSA) is 38.3 Å². The molecule has 0 bridgehead atoms. The number of nitrogens with one attached hydrogen (secondary N) is 1. The summed E-state index contributed by atoms with van der Waals surface area (Å²) in [5, 5.41) is 2.74. The molecule has 0 aliphatic carbocycles. The van der Waals surface area contributed by atoms with Gasteiger partial charge in [-0.2, -0.15) is 11.8 Å². The summed E-state index contributed by atoms with van der Waals surface area (Å²) in [6.07, 6.45) is 2.97. The number of thioether (sulfide) groups is 1. The van der Waals surface area contributed by atoms with Gasteiger partial charge in [0.25, 0.3) is 0 Å². The summed E-state index contributed by atoms with van der Waals surface area (Å²) < 4.78 is 5.31. The first-order chi connectivity index (χ1) is 5.81. The Morgan fingerprint density at radius 1 is 1.42 bits per heavy atom. The maximum Gasteiger partial charge on any atom is 0.407 e. The maximum absolute atomic E-state index is 10.9. The second kappa shape index (κ2) is 3.17. The van der Waals surface area contributed by atoms with Gasteiger partial charge in [-0.05, 0) is 30.8 Å². The van der Waals surface area contributed by atoms with Gasteiger partial charge in [-0.1, -0.05) is 0 Å². The zero-order valence-corrected chi connectivity index (χ0v) is 7.78. The molecule has 0 aromatic heterocycles. The lowest BCUT2D eigenvalue weighted by Gasteiger charge is -2.23. The average Bonchev–Trinajstić information content (AvgIpc) is 2.30. The van der Waals surface area contributed by atoms with Crippen LogP contribution >= 0.6 is 11.8 Å². The van der Waals surface area contributed by atoms with E-state index in [1.165, 1.54) is 12.2 Å². The Morgan fingerprint density at radius 2 is 2.33 bits per heavy atom. The monoisotopic (exact) mass is 187 g/mol. The molecule has 68 valence electrons. The third-order valence-corrected chi connectivity index (χ3v) is 3.56. The summed E-state index contributed by atoms with van der Waals surface area (Å²) in [7, 11) is 0. The average molecular weight is 187 g/mol. The highest BCUT2D eigenvalue weighted by molar-refractivity contribution is 7.99. The van der Waals surface area contributed by atoms with E-state index in [0.717, 1.165) is 18.6 Å². The number of rotatable bonds is 0. The number of amides is 1. The Morgan fingerprint density at radius 3 is 3.08 bits per heavy atom. The first-order valence-electron chi connectivity index (χ1n) is 4.35. The molecule has 12 heavy (non-hydrogen) atoms. The minimum absolute atomic E-state index is 0.152. The van der Waals surface area contributed by atoms with E-state index in [9.17, 15) is 4.79 Å². The van der Waals surface area contributed by atoms with Gasteiger partial charge in [0.15, 0.2) is 0 Å². The van der Waals surface area contributed by atoms with E-state index >= 15 is 0 Å². The molecule has 1 spiro atoms. The zero-order chi connectivity index (χ0) is 8.44. The van der Waals surface area contributed by atoms with E-state index in [0.29, 0.717) is 6.54 Å². The summed E-state index contributed by atoms with van der Waals surface area (Å²) in [6, 6.07) is 0. The molecule has 4 heteroatoms. The highest BCUT2D eigenvalue weighted by Gasteiger charge is 2.40. The lowest BCUT2D eigenvalue weighted by Crippen LogP contribution is -2.33. The van der Waals surface area contributed by atoms with Crippen molar-refractivity contribution in [3.63, 3.8) is 0 Å². The van der Waals surface area contributed by atoms with Gasteiger partial charge < -0.3 is 10.1 Å². The third kappa shape index (κ3) is 1.53. The second-order valence-corrected chi connectivity index (χ2v) is 4.62. The van der Waals surface area contributed by atoms with Crippen LogP contribution in [0.5, 0.6) is 0 Å². The van der Waals surface area contributed by atoms with Crippen molar-refractivity contribution < 1.29 is 9.53 Å². The second-order valence-electron chi connectivity index (χ2n) is 3.39. The van der Waals surface area contributed by atoms with E-state index in [4.69, 9.17) is 4.74 Å². The summed E-state index contributed by atoms with van der Waals surface area (Å²) >= 11 is 1.96. The lowest BCUT2D eigenvalue weighted by atomic mass is 9.95. The molecule has 1 amide bonds. The molecule has 2 heterocycles. The van der Waals surface area contributed by atoms with Crippen LogP contribution in [0.4, 0.5) is 4.79 Å². The first-order valence-corrected chi connectivity index (χ1v) is 5.51. The van der Waals surface area contributed by atoms with Gasteiger partial charge in [-0.25, -0.2) is 4.79 Å². The van der Waals surface area contributed by atoms with Gasteiger partial charge in [-0.3, -0.25) is 0 Å². The van der Waals surface area contributed by atoms with Crippen LogP contribution in [0.25, 0.3) is 0 Å². The van der Waals surface area contributed by atoms with E-state index < -0.39 is 0 Å². The van der Waals surface area contributed by atoms with Crippen LogP contribution in [0.15, 0.2) is 0 Å². The van der Waals surface area contributed by atoms with E-state index in [2.05, 4.69) is 5.32 Å². The van der Waals surface area contributed by atoms with Crippen molar-refractivity contribution in [1.29, 1.82) is 0 Å². The molecule has 1 atom stereocenters. The van der Waals surface area contributed by atoms with Gasteiger partial charge in [0.1, 0.15) is 5.60 Å². The molecule has 3 nitrogen and oxygen atoms in total. The Balaban J connectivity index is 2.03. The first kappa shape index (κ1) is 8.23. The summed E-state index contributed by atoms with van der Waals surface area (Å²) in [5.41, 5.74) is -0.152. The van der Waals surface area contributed by atoms with Gasteiger partial charge in [0.2, 0.25) is 0 Å². The van der Waals surface area contributed by atoms with Crippen molar-refractivity contribution in [2.75, 3.05) is 18.1 Å². The van der Waals surface area contributed by atoms with Crippen molar-refractivity contribution in [2.24, 2.45) is 0 Å². The number of hydrogen-bond donors (Lipinski definition) is 1. The van der Waals surface area contributed by atoms with Gasteiger partial charge in [0, 0.05) is 0 Å². The maximum atomic E-state index is 10.9. The highest BCUT2D eigenvalue weighted by atomic mass is 32.2. The van der Waals surface area contributed by atoms with Crippen molar-refractivity contribution in [3.8, 4) is 0 Å². The molecule has 0 aromatic carbocycles. The number of ether oxygens (including phenoxy) is 1. The predicted octanol–water partition coefficient (Wildman–Crippen LogP) is 1.38. The zero-order valence-electron chi connectivity index (χ0n) is 6.97. The van der Waals surface area contributed by atoms with Crippen molar-refractivity contribution in [2.45, 2.75) is 24.9 Å². The number of hydrogen-bond acceptors (Lipinski definition) is 3. The highest BCUT2D eigenvalue weighted by Crippen LogP contribution is 2.31. The molecule has 1 unspecified atom stereocenters. The quantitative estimate of drug-likeness (QED) is 0.622. The molecule has 1 N–H and O–H groups in total. The van der Waals surface area contributed by atoms with Gasteiger partial charge >= 0.3 is 6.09 Å². The Bertz CT molecular complexity index is 187.